The van der Waals surface area contributed by atoms with E-state index in [4.69, 9.17) is 22.1 Å². The number of benzene rings is 1. The zero-order valence-electron chi connectivity index (χ0n) is 10.5. The first-order chi connectivity index (χ1) is 8.61. The molecule has 2 unspecified atom stereocenters. The van der Waals surface area contributed by atoms with Gasteiger partial charge < -0.3 is 10.5 Å². The third-order valence-electron chi connectivity index (χ3n) is 3.34. The van der Waals surface area contributed by atoms with Crippen LogP contribution in [-0.2, 0) is 11.2 Å². The zero-order chi connectivity index (χ0) is 13.1. The molecular weight excluding hydrogens is 314 g/mol. The molecule has 2 nitrogen and oxygen atoms in total. The molecule has 0 heterocycles. The summed E-state index contributed by atoms with van der Waals surface area (Å²) in [5.41, 5.74) is 7.38. The summed E-state index contributed by atoms with van der Waals surface area (Å²) < 4.78 is 6.78. The topological polar surface area (TPSA) is 35.2 Å². The van der Waals surface area contributed by atoms with Crippen molar-refractivity contribution in [2.75, 3.05) is 6.61 Å². The van der Waals surface area contributed by atoms with Crippen molar-refractivity contribution in [3.8, 4) is 0 Å². The summed E-state index contributed by atoms with van der Waals surface area (Å²) in [6.07, 6.45) is 3.43. The zero-order valence-corrected chi connectivity index (χ0v) is 12.9. The SMILES string of the molecule is CCOC(C(N)Cc1ccc(Br)cc1Cl)C1CC1. The number of rotatable bonds is 6. The molecule has 1 aliphatic rings. The van der Waals surface area contributed by atoms with E-state index in [1.807, 2.05) is 25.1 Å². The third kappa shape index (κ3) is 3.70. The van der Waals surface area contributed by atoms with Crippen LogP contribution in [0, 0.1) is 5.92 Å². The molecule has 0 amide bonds. The van der Waals surface area contributed by atoms with Crippen LogP contribution in [0.3, 0.4) is 0 Å². The van der Waals surface area contributed by atoms with Gasteiger partial charge in [-0.3, -0.25) is 0 Å². The van der Waals surface area contributed by atoms with E-state index in [1.54, 1.807) is 0 Å². The van der Waals surface area contributed by atoms with Gasteiger partial charge in [0, 0.05) is 22.1 Å². The lowest BCUT2D eigenvalue weighted by Gasteiger charge is -2.24. The van der Waals surface area contributed by atoms with E-state index in [9.17, 15) is 0 Å². The Labute approximate surface area is 122 Å². The van der Waals surface area contributed by atoms with Gasteiger partial charge in [-0.15, -0.1) is 0 Å². The highest BCUT2D eigenvalue weighted by Gasteiger charge is 2.35. The average Bonchev–Trinajstić information content (AvgIpc) is 3.13. The smallest absolute Gasteiger partial charge is 0.0757 e. The molecule has 100 valence electrons. The summed E-state index contributed by atoms with van der Waals surface area (Å²) in [7, 11) is 0. The normalized spacial score (nSPS) is 18.7. The minimum Gasteiger partial charge on any atom is -0.377 e. The molecule has 1 aromatic carbocycles. The molecule has 2 atom stereocenters. The van der Waals surface area contributed by atoms with Crippen molar-refractivity contribution in [3.63, 3.8) is 0 Å². The van der Waals surface area contributed by atoms with Crippen molar-refractivity contribution in [3.05, 3.63) is 33.3 Å². The van der Waals surface area contributed by atoms with E-state index in [0.29, 0.717) is 5.92 Å². The first-order valence-corrected chi connectivity index (χ1v) is 7.60. The fraction of sp³-hybridized carbons (Fsp3) is 0.571. The van der Waals surface area contributed by atoms with Crippen molar-refractivity contribution in [2.45, 2.75) is 38.3 Å². The van der Waals surface area contributed by atoms with Crippen LogP contribution < -0.4 is 5.73 Å². The molecule has 0 saturated heterocycles. The largest absolute Gasteiger partial charge is 0.377 e. The maximum absolute atomic E-state index is 6.29. The Hall–Kier alpha value is -0.0900. The molecule has 0 spiro atoms. The van der Waals surface area contributed by atoms with Gasteiger partial charge in [0.05, 0.1) is 6.10 Å². The van der Waals surface area contributed by atoms with Crippen molar-refractivity contribution in [2.24, 2.45) is 11.7 Å². The van der Waals surface area contributed by atoms with Gasteiger partial charge in [-0.25, -0.2) is 0 Å². The molecule has 4 heteroatoms. The fourth-order valence-corrected chi connectivity index (χ4v) is 3.03. The van der Waals surface area contributed by atoms with Crippen LogP contribution in [0.15, 0.2) is 22.7 Å². The first kappa shape index (κ1) is 14.3. The van der Waals surface area contributed by atoms with Crippen LogP contribution in [-0.4, -0.2) is 18.8 Å². The highest BCUT2D eigenvalue weighted by molar-refractivity contribution is 9.10. The lowest BCUT2D eigenvalue weighted by atomic mass is 9.99. The molecule has 0 aliphatic heterocycles. The maximum atomic E-state index is 6.29. The Morgan fingerprint density at radius 3 is 2.78 bits per heavy atom. The minimum absolute atomic E-state index is 0.0242. The van der Waals surface area contributed by atoms with E-state index in [1.165, 1.54) is 12.8 Å². The molecule has 2 rings (SSSR count). The summed E-state index contributed by atoms with van der Waals surface area (Å²) in [6, 6.07) is 5.97. The Balaban J connectivity index is 2.02. The number of halogens is 2. The van der Waals surface area contributed by atoms with E-state index < -0.39 is 0 Å². The number of nitrogens with two attached hydrogens (primary N) is 1. The van der Waals surface area contributed by atoms with E-state index in [-0.39, 0.29) is 12.1 Å². The molecular formula is C14H19BrClNO. The van der Waals surface area contributed by atoms with E-state index in [0.717, 1.165) is 28.1 Å². The molecule has 18 heavy (non-hydrogen) atoms. The Morgan fingerprint density at radius 2 is 2.22 bits per heavy atom. The van der Waals surface area contributed by atoms with Crippen LogP contribution in [0.4, 0.5) is 0 Å². The van der Waals surface area contributed by atoms with E-state index >= 15 is 0 Å². The first-order valence-electron chi connectivity index (χ1n) is 6.43. The fourth-order valence-electron chi connectivity index (χ4n) is 2.28. The van der Waals surface area contributed by atoms with E-state index in [2.05, 4.69) is 15.9 Å². The Kier molecular flexibility index (Phi) is 5.07. The van der Waals surface area contributed by atoms with Crippen molar-refractivity contribution in [1.82, 2.24) is 0 Å². The highest BCUT2D eigenvalue weighted by Crippen LogP contribution is 2.36. The van der Waals surface area contributed by atoms with Gasteiger partial charge >= 0.3 is 0 Å². The summed E-state index contributed by atoms with van der Waals surface area (Å²) in [5, 5.41) is 0.769. The van der Waals surface area contributed by atoms with Gasteiger partial charge in [0.2, 0.25) is 0 Å². The molecule has 2 N–H and O–H groups in total. The maximum Gasteiger partial charge on any atom is 0.0757 e. The Bertz CT molecular complexity index is 409. The average molecular weight is 333 g/mol. The molecule has 1 saturated carbocycles. The second-order valence-corrected chi connectivity index (χ2v) is 6.18. The molecule has 0 bridgehead atoms. The minimum atomic E-state index is 0.0242. The van der Waals surface area contributed by atoms with Gasteiger partial charge in [0.1, 0.15) is 0 Å². The van der Waals surface area contributed by atoms with Gasteiger partial charge in [-0.1, -0.05) is 33.6 Å². The quantitative estimate of drug-likeness (QED) is 0.860. The lowest BCUT2D eigenvalue weighted by molar-refractivity contribution is 0.0288. The van der Waals surface area contributed by atoms with Crippen molar-refractivity contribution >= 4 is 27.5 Å². The summed E-state index contributed by atoms with van der Waals surface area (Å²) in [5.74, 6) is 0.647. The Morgan fingerprint density at radius 1 is 1.50 bits per heavy atom. The standard InChI is InChI=1S/C14H19BrClNO/c1-2-18-14(9-3-4-9)13(17)7-10-5-6-11(15)8-12(10)16/h5-6,8-9,13-14H,2-4,7,17H2,1H3. The van der Waals surface area contributed by atoms with Gasteiger partial charge in [-0.2, -0.15) is 0 Å². The van der Waals surface area contributed by atoms with Crippen LogP contribution in [0.1, 0.15) is 25.3 Å². The highest BCUT2D eigenvalue weighted by atomic mass is 79.9. The second kappa shape index (κ2) is 6.38. The molecule has 1 aliphatic carbocycles. The third-order valence-corrected chi connectivity index (χ3v) is 4.18. The van der Waals surface area contributed by atoms with Crippen LogP contribution in [0.25, 0.3) is 0 Å². The molecule has 0 radical (unpaired) electrons. The van der Waals surface area contributed by atoms with Crippen molar-refractivity contribution < 1.29 is 4.74 Å². The summed E-state index contributed by atoms with van der Waals surface area (Å²) >= 11 is 9.63. The number of hydrogen-bond donors (Lipinski definition) is 1. The van der Waals surface area contributed by atoms with Crippen LogP contribution in [0.2, 0.25) is 5.02 Å². The van der Waals surface area contributed by atoms with Crippen molar-refractivity contribution in [1.29, 1.82) is 0 Å². The monoisotopic (exact) mass is 331 g/mol. The molecule has 1 fully saturated rings. The lowest BCUT2D eigenvalue weighted by Crippen LogP contribution is -2.40. The van der Waals surface area contributed by atoms with Gasteiger partial charge in [-0.05, 0) is 49.8 Å². The summed E-state index contributed by atoms with van der Waals surface area (Å²) in [4.78, 5) is 0. The molecule has 0 aromatic heterocycles. The summed E-state index contributed by atoms with van der Waals surface area (Å²) in [6.45, 7) is 2.75. The second-order valence-electron chi connectivity index (χ2n) is 4.86. The predicted octanol–water partition coefficient (Wildman–Crippen LogP) is 3.79. The van der Waals surface area contributed by atoms with Crippen LogP contribution in [0.5, 0.6) is 0 Å². The van der Waals surface area contributed by atoms with Gasteiger partial charge in [0.15, 0.2) is 0 Å². The van der Waals surface area contributed by atoms with Crippen LogP contribution >= 0.6 is 27.5 Å². The van der Waals surface area contributed by atoms with Gasteiger partial charge in [0.25, 0.3) is 0 Å². The predicted molar refractivity (Wildman–Crippen MR) is 79.0 cm³/mol. The molecule has 1 aromatic rings. The number of hydrogen-bond acceptors (Lipinski definition) is 2. The number of ether oxygens (including phenoxy) is 1.